The Morgan fingerprint density at radius 1 is 0.724 bits per heavy atom. The number of nitrogens with zero attached hydrogens (tertiary/aromatic N) is 2. The van der Waals surface area contributed by atoms with Gasteiger partial charge in [-0.05, 0) is 42.0 Å². The van der Waals surface area contributed by atoms with Gasteiger partial charge in [-0.25, -0.2) is 9.96 Å². The Morgan fingerprint density at radius 2 is 1.31 bits per heavy atom. The molecule has 0 unspecified atom stereocenters. The molecule has 5 rings (SSSR count). The fourth-order valence-corrected chi connectivity index (χ4v) is 4.31. The van der Waals surface area contributed by atoms with Crippen LogP contribution >= 0.6 is 15.9 Å². The van der Waals surface area contributed by atoms with Crippen molar-refractivity contribution in [1.29, 1.82) is 0 Å². The van der Waals surface area contributed by atoms with Crippen LogP contribution in [0.3, 0.4) is 0 Å². The third-order valence-electron chi connectivity index (χ3n) is 5.35. The number of benzene rings is 3. The smallest absolute Gasteiger partial charge is 0.266 e. The van der Waals surface area contributed by atoms with Crippen molar-refractivity contribution in [2.75, 3.05) is 9.96 Å². The van der Waals surface area contributed by atoms with Crippen molar-refractivity contribution in [2.24, 2.45) is 5.92 Å². The summed E-state index contributed by atoms with van der Waals surface area (Å²) in [4.78, 5) is 33.9. The Kier molecular flexibility index (Phi) is 4.45. The summed E-state index contributed by atoms with van der Waals surface area (Å²) in [6.45, 7) is 0. The van der Waals surface area contributed by atoms with Crippen molar-refractivity contribution < 1.29 is 14.4 Å². The lowest BCUT2D eigenvalue weighted by atomic mass is 9.90. The Balaban J connectivity index is 1.59. The van der Waals surface area contributed by atoms with Gasteiger partial charge in [0.15, 0.2) is 6.10 Å². The molecule has 0 saturated carbocycles. The van der Waals surface area contributed by atoms with Crippen LogP contribution in [0.5, 0.6) is 0 Å². The molecule has 2 saturated heterocycles. The van der Waals surface area contributed by atoms with E-state index in [0.717, 1.165) is 15.7 Å². The first-order chi connectivity index (χ1) is 14.1. The predicted molar refractivity (Wildman–Crippen MR) is 113 cm³/mol. The van der Waals surface area contributed by atoms with E-state index < -0.39 is 18.1 Å². The van der Waals surface area contributed by atoms with Gasteiger partial charge >= 0.3 is 0 Å². The zero-order valence-electron chi connectivity index (χ0n) is 15.3. The van der Waals surface area contributed by atoms with E-state index in [4.69, 9.17) is 4.84 Å². The lowest BCUT2D eigenvalue weighted by Gasteiger charge is -2.28. The molecule has 6 heteroatoms. The molecule has 29 heavy (non-hydrogen) atoms. The molecule has 0 spiro atoms. The standard InChI is InChI=1S/C23H17BrN2O3/c24-16-13-11-15(12-14-16)20-19-21(29-26(20)18-9-5-2-6-10-18)23(28)25(22(19)27)17-7-3-1-4-8-17/h1-14,19-21H/t19-,20+,21+/m0/s1. The summed E-state index contributed by atoms with van der Waals surface area (Å²) in [5.74, 6) is -1.19. The number of amides is 2. The molecule has 5 nitrogen and oxygen atoms in total. The SMILES string of the molecule is O=C1[C@H]2[C@@H](c3ccc(Br)cc3)N(c3ccccc3)O[C@H]2C(=O)N1c1ccccc1. The second kappa shape index (κ2) is 7.13. The van der Waals surface area contributed by atoms with Crippen LogP contribution in [0, 0.1) is 5.92 Å². The quantitative estimate of drug-likeness (QED) is 0.553. The van der Waals surface area contributed by atoms with E-state index in [1.54, 1.807) is 17.2 Å². The highest BCUT2D eigenvalue weighted by Gasteiger charge is 2.60. The lowest BCUT2D eigenvalue weighted by molar-refractivity contribution is -0.126. The number of para-hydroxylation sites is 2. The van der Waals surface area contributed by atoms with Crippen LogP contribution in [0.2, 0.25) is 0 Å². The van der Waals surface area contributed by atoms with Gasteiger partial charge in [-0.1, -0.05) is 64.5 Å². The van der Waals surface area contributed by atoms with E-state index in [9.17, 15) is 9.59 Å². The minimum atomic E-state index is -0.850. The van der Waals surface area contributed by atoms with Crippen LogP contribution < -0.4 is 9.96 Å². The summed E-state index contributed by atoms with van der Waals surface area (Å²) in [5.41, 5.74) is 2.30. The highest BCUT2D eigenvalue weighted by Crippen LogP contribution is 2.47. The van der Waals surface area contributed by atoms with E-state index >= 15 is 0 Å². The maximum atomic E-state index is 13.4. The fourth-order valence-electron chi connectivity index (χ4n) is 4.04. The van der Waals surface area contributed by atoms with E-state index in [2.05, 4.69) is 15.9 Å². The molecular formula is C23H17BrN2O3. The number of carbonyl (C=O) groups excluding carboxylic acids is 2. The van der Waals surface area contributed by atoms with Crippen LogP contribution in [0.1, 0.15) is 11.6 Å². The third-order valence-corrected chi connectivity index (χ3v) is 5.88. The summed E-state index contributed by atoms with van der Waals surface area (Å²) in [7, 11) is 0. The zero-order chi connectivity index (χ0) is 20.0. The van der Waals surface area contributed by atoms with Gasteiger partial charge in [0.05, 0.1) is 17.4 Å². The lowest BCUT2D eigenvalue weighted by Crippen LogP contribution is -2.37. The first-order valence-electron chi connectivity index (χ1n) is 9.34. The van der Waals surface area contributed by atoms with Gasteiger partial charge in [-0.2, -0.15) is 0 Å². The Morgan fingerprint density at radius 3 is 1.93 bits per heavy atom. The molecule has 0 N–H and O–H groups in total. The summed E-state index contributed by atoms with van der Waals surface area (Å²) >= 11 is 3.46. The summed E-state index contributed by atoms with van der Waals surface area (Å²) < 4.78 is 0.947. The second-order valence-corrected chi connectivity index (χ2v) is 7.97. The molecule has 2 amide bonds. The first kappa shape index (κ1) is 18.1. The minimum absolute atomic E-state index is 0.238. The molecule has 3 atom stereocenters. The Bertz CT molecular complexity index is 1060. The van der Waals surface area contributed by atoms with Crippen LogP contribution in [-0.2, 0) is 14.4 Å². The number of fused-ring (bicyclic) bond motifs is 1. The second-order valence-electron chi connectivity index (χ2n) is 7.06. The maximum absolute atomic E-state index is 13.4. The molecule has 2 aliphatic heterocycles. The summed E-state index contributed by atoms with van der Waals surface area (Å²) in [6, 6.07) is 25.9. The predicted octanol–water partition coefficient (Wildman–Crippen LogP) is 4.50. The molecule has 3 aromatic rings. The van der Waals surface area contributed by atoms with Crippen LogP contribution in [0.25, 0.3) is 0 Å². The fraction of sp³-hybridized carbons (Fsp3) is 0.130. The van der Waals surface area contributed by atoms with Gasteiger partial charge in [-0.3, -0.25) is 14.4 Å². The third kappa shape index (κ3) is 2.96. The number of hydrogen-bond donors (Lipinski definition) is 0. The van der Waals surface area contributed by atoms with Crippen molar-refractivity contribution >= 4 is 39.1 Å². The Labute approximate surface area is 176 Å². The number of rotatable bonds is 3. The van der Waals surface area contributed by atoms with Crippen molar-refractivity contribution in [3.8, 4) is 0 Å². The molecule has 0 bridgehead atoms. The number of hydrogen-bond acceptors (Lipinski definition) is 4. The molecule has 2 heterocycles. The van der Waals surface area contributed by atoms with E-state index in [1.165, 1.54) is 4.90 Å². The van der Waals surface area contributed by atoms with E-state index in [0.29, 0.717) is 5.69 Å². The summed E-state index contributed by atoms with van der Waals surface area (Å²) in [5, 5.41) is 1.71. The number of anilines is 2. The highest BCUT2D eigenvalue weighted by molar-refractivity contribution is 9.10. The average Bonchev–Trinajstić information content (AvgIpc) is 3.26. The summed E-state index contributed by atoms with van der Waals surface area (Å²) in [6.07, 6.45) is -0.850. The molecule has 3 aromatic carbocycles. The molecule has 2 fully saturated rings. The molecule has 144 valence electrons. The first-order valence-corrected chi connectivity index (χ1v) is 10.1. The zero-order valence-corrected chi connectivity index (χ0v) is 16.9. The van der Waals surface area contributed by atoms with Gasteiger partial charge in [-0.15, -0.1) is 0 Å². The Hall–Kier alpha value is -2.96. The minimum Gasteiger partial charge on any atom is -0.273 e. The number of halogens is 1. The highest BCUT2D eigenvalue weighted by atomic mass is 79.9. The molecular weight excluding hydrogens is 432 g/mol. The maximum Gasteiger partial charge on any atom is 0.266 e. The number of hydroxylamine groups is 1. The normalized spacial score (nSPS) is 23.6. The molecule has 0 aromatic heterocycles. The topological polar surface area (TPSA) is 49.9 Å². The van der Waals surface area contributed by atoms with Crippen molar-refractivity contribution in [3.63, 3.8) is 0 Å². The van der Waals surface area contributed by atoms with Gasteiger partial charge < -0.3 is 0 Å². The number of carbonyl (C=O) groups is 2. The largest absolute Gasteiger partial charge is 0.273 e. The van der Waals surface area contributed by atoms with Crippen molar-refractivity contribution in [2.45, 2.75) is 12.1 Å². The van der Waals surface area contributed by atoms with Crippen molar-refractivity contribution in [1.82, 2.24) is 0 Å². The van der Waals surface area contributed by atoms with Crippen LogP contribution in [0.15, 0.2) is 89.4 Å². The molecule has 0 aliphatic carbocycles. The van der Waals surface area contributed by atoms with Gasteiger partial charge in [0.1, 0.15) is 5.92 Å². The van der Waals surface area contributed by atoms with Gasteiger partial charge in [0, 0.05) is 4.47 Å². The van der Waals surface area contributed by atoms with Crippen LogP contribution in [0.4, 0.5) is 11.4 Å². The number of imide groups is 1. The van der Waals surface area contributed by atoms with Gasteiger partial charge in [0.2, 0.25) is 5.91 Å². The van der Waals surface area contributed by atoms with Crippen LogP contribution in [-0.4, -0.2) is 17.9 Å². The molecule has 2 aliphatic rings. The monoisotopic (exact) mass is 448 g/mol. The molecule has 0 radical (unpaired) electrons. The van der Waals surface area contributed by atoms with Crippen molar-refractivity contribution in [3.05, 3.63) is 95.0 Å². The van der Waals surface area contributed by atoms with Gasteiger partial charge in [0.25, 0.3) is 5.91 Å². The van der Waals surface area contributed by atoms with E-state index in [1.807, 2.05) is 72.8 Å². The van der Waals surface area contributed by atoms with E-state index in [-0.39, 0.29) is 11.8 Å². The average molecular weight is 449 g/mol.